The van der Waals surface area contributed by atoms with Gasteiger partial charge in [0.25, 0.3) is 0 Å². The Hall–Kier alpha value is -2.09. The summed E-state index contributed by atoms with van der Waals surface area (Å²) >= 11 is 0. The summed E-state index contributed by atoms with van der Waals surface area (Å²) in [6.07, 6.45) is 0. The Kier molecular flexibility index (Phi) is 6.04. The second-order valence-corrected chi connectivity index (χ2v) is 8.56. The van der Waals surface area contributed by atoms with E-state index in [9.17, 15) is 8.42 Å². The molecule has 1 aliphatic heterocycles. The fraction of sp³-hybridized carbons (Fsp3) is 0.400. The average molecular weight is 391 g/mol. The molecule has 146 valence electrons. The van der Waals surface area contributed by atoms with Gasteiger partial charge < -0.3 is 9.47 Å². The highest BCUT2D eigenvalue weighted by molar-refractivity contribution is 7.89. The van der Waals surface area contributed by atoms with Crippen LogP contribution >= 0.6 is 0 Å². The predicted octanol–water partition coefficient (Wildman–Crippen LogP) is 2.52. The van der Waals surface area contributed by atoms with Gasteiger partial charge in [-0.05, 0) is 30.2 Å². The zero-order chi connectivity index (χ0) is 19.4. The maximum absolute atomic E-state index is 13.0. The predicted molar refractivity (Wildman–Crippen MR) is 105 cm³/mol. The van der Waals surface area contributed by atoms with Crippen molar-refractivity contribution in [2.75, 3.05) is 40.4 Å². The second-order valence-electron chi connectivity index (χ2n) is 6.62. The highest BCUT2D eigenvalue weighted by Gasteiger charge is 2.29. The first-order chi connectivity index (χ1) is 13.0. The van der Waals surface area contributed by atoms with Crippen LogP contribution in [0.1, 0.15) is 11.1 Å². The van der Waals surface area contributed by atoms with Crippen molar-refractivity contribution in [3.8, 4) is 11.5 Å². The Morgan fingerprint density at radius 3 is 2.22 bits per heavy atom. The van der Waals surface area contributed by atoms with E-state index in [2.05, 4.69) is 24.0 Å². The number of hydrogen-bond acceptors (Lipinski definition) is 5. The van der Waals surface area contributed by atoms with Crippen molar-refractivity contribution >= 4 is 10.0 Å². The van der Waals surface area contributed by atoms with Crippen LogP contribution in [-0.2, 0) is 16.6 Å². The van der Waals surface area contributed by atoms with Crippen LogP contribution in [0.15, 0.2) is 47.4 Å². The molecule has 3 rings (SSSR count). The number of rotatable bonds is 6. The monoisotopic (exact) mass is 390 g/mol. The molecule has 0 saturated carbocycles. The molecule has 0 radical (unpaired) electrons. The molecule has 2 aromatic carbocycles. The summed E-state index contributed by atoms with van der Waals surface area (Å²) in [5, 5.41) is 0. The number of ether oxygens (including phenoxy) is 2. The molecule has 1 saturated heterocycles. The van der Waals surface area contributed by atoms with Gasteiger partial charge in [-0.15, -0.1) is 0 Å². The number of hydrogen-bond donors (Lipinski definition) is 0. The maximum atomic E-state index is 13.0. The van der Waals surface area contributed by atoms with Gasteiger partial charge in [0, 0.05) is 38.8 Å². The van der Waals surface area contributed by atoms with Crippen LogP contribution < -0.4 is 9.47 Å². The van der Waals surface area contributed by atoms with Crippen LogP contribution in [0, 0.1) is 6.92 Å². The quantitative estimate of drug-likeness (QED) is 0.759. The normalized spacial score (nSPS) is 16.3. The largest absolute Gasteiger partial charge is 0.493 e. The number of piperazine rings is 1. The number of nitrogens with zero attached hydrogens (tertiary/aromatic N) is 2. The standard InChI is InChI=1S/C20H26N2O4S/c1-16-6-4-5-7-17(16)15-21-10-12-22(13-11-21)27(23,24)18-8-9-19(25-2)20(14-18)26-3/h4-9,14H,10-13,15H2,1-3H3. The lowest BCUT2D eigenvalue weighted by molar-refractivity contribution is 0.181. The van der Waals surface area contributed by atoms with Gasteiger partial charge in [0.1, 0.15) is 0 Å². The molecule has 1 fully saturated rings. The SMILES string of the molecule is COc1ccc(S(=O)(=O)N2CCN(Cc3ccccc3C)CC2)cc1OC. The first kappa shape index (κ1) is 19.7. The van der Waals surface area contributed by atoms with Crippen molar-refractivity contribution in [1.82, 2.24) is 9.21 Å². The summed E-state index contributed by atoms with van der Waals surface area (Å²) in [4.78, 5) is 2.52. The first-order valence-corrected chi connectivity index (χ1v) is 10.4. The molecule has 0 aliphatic carbocycles. The highest BCUT2D eigenvalue weighted by Crippen LogP contribution is 2.31. The van der Waals surface area contributed by atoms with Crippen molar-refractivity contribution in [3.05, 3.63) is 53.6 Å². The fourth-order valence-electron chi connectivity index (χ4n) is 3.28. The summed E-state index contributed by atoms with van der Waals surface area (Å²) in [6.45, 7) is 5.32. The molecule has 1 aliphatic rings. The Morgan fingerprint density at radius 2 is 1.59 bits per heavy atom. The first-order valence-electron chi connectivity index (χ1n) is 8.94. The van der Waals surface area contributed by atoms with Gasteiger partial charge in [-0.1, -0.05) is 24.3 Å². The van der Waals surface area contributed by atoms with Crippen LogP contribution in [0.5, 0.6) is 11.5 Å². The molecule has 1 heterocycles. The van der Waals surface area contributed by atoms with Gasteiger partial charge >= 0.3 is 0 Å². The lowest BCUT2D eigenvalue weighted by atomic mass is 10.1. The van der Waals surface area contributed by atoms with Gasteiger partial charge in [0.15, 0.2) is 11.5 Å². The van der Waals surface area contributed by atoms with E-state index in [0.29, 0.717) is 37.7 Å². The molecular weight excluding hydrogens is 364 g/mol. The molecule has 7 heteroatoms. The fourth-order valence-corrected chi connectivity index (χ4v) is 4.72. The molecule has 2 aromatic rings. The smallest absolute Gasteiger partial charge is 0.243 e. The Labute approximate surface area is 161 Å². The topological polar surface area (TPSA) is 59.1 Å². The molecule has 27 heavy (non-hydrogen) atoms. The minimum atomic E-state index is -3.55. The molecule has 0 unspecified atom stereocenters. The summed E-state index contributed by atoms with van der Waals surface area (Å²) in [7, 11) is -0.527. The maximum Gasteiger partial charge on any atom is 0.243 e. The summed E-state index contributed by atoms with van der Waals surface area (Å²) in [5.41, 5.74) is 2.55. The van der Waals surface area contributed by atoms with Gasteiger partial charge in [0.05, 0.1) is 19.1 Å². The summed E-state index contributed by atoms with van der Waals surface area (Å²) < 4.78 is 37.9. The van der Waals surface area contributed by atoms with Crippen LogP contribution in [0.25, 0.3) is 0 Å². The van der Waals surface area contributed by atoms with Gasteiger partial charge in [0.2, 0.25) is 10.0 Å². The molecule has 0 aromatic heterocycles. The van der Waals surface area contributed by atoms with E-state index in [1.54, 1.807) is 16.4 Å². The zero-order valence-electron chi connectivity index (χ0n) is 16.0. The van der Waals surface area contributed by atoms with Crippen molar-refractivity contribution < 1.29 is 17.9 Å². The summed E-state index contributed by atoms with van der Waals surface area (Å²) in [6, 6.07) is 13.0. The third-order valence-corrected chi connectivity index (χ3v) is 6.87. The van der Waals surface area contributed by atoms with Crippen molar-refractivity contribution in [2.24, 2.45) is 0 Å². The van der Waals surface area contributed by atoms with Gasteiger partial charge in [-0.3, -0.25) is 4.90 Å². The van der Waals surface area contributed by atoms with Crippen LogP contribution in [-0.4, -0.2) is 58.0 Å². The van der Waals surface area contributed by atoms with Crippen LogP contribution in [0.3, 0.4) is 0 Å². The van der Waals surface area contributed by atoms with E-state index in [0.717, 1.165) is 6.54 Å². The number of methoxy groups -OCH3 is 2. The third kappa shape index (κ3) is 4.26. The van der Waals surface area contributed by atoms with Crippen molar-refractivity contribution in [3.63, 3.8) is 0 Å². The van der Waals surface area contributed by atoms with E-state index in [-0.39, 0.29) is 4.90 Å². The van der Waals surface area contributed by atoms with E-state index < -0.39 is 10.0 Å². The Morgan fingerprint density at radius 1 is 0.926 bits per heavy atom. The molecular formula is C20H26N2O4S. The summed E-state index contributed by atoms with van der Waals surface area (Å²) in [5.74, 6) is 0.927. The van der Waals surface area contributed by atoms with E-state index in [1.165, 1.54) is 31.4 Å². The highest BCUT2D eigenvalue weighted by atomic mass is 32.2. The molecule has 0 atom stereocenters. The van der Waals surface area contributed by atoms with E-state index in [4.69, 9.17) is 9.47 Å². The van der Waals surface area contributed by atoms with Gasteiger partial charge in [-0.25, -0.2) is 8.42 Å². The van der Waals surface area contributed by atoms with Crippen LogP contribution in [0.4, 0.5) is 0 Å². The minimum Gasteiger partial charge on any atom is -0.493 e. The van der Waals surface area contributed by atoms with Gasteiger partial charge in [-0.2, -0.15) is 4.31 Å². The second kappa shape index (κ2) is 8.29. The number of aryl methyl sites for hydroxylation is 1. The lowest BCUT2D eigenvalue weighted by Crippen LogP contribution is -2.48. The minimum absolute atomic E-state index is 0.229. The number of benzene rings is 2. The molecule has 0 spiro atoms. The Balaban J connectivity index is 1.69. The number of sulfonamides is 1. The van der Waals surface area contributed by atoms with Crippen molar-refractivity contribution in [2.45, 2.75) is 18.4 Å². The van der Waals surface area contributed by atoms with E-state index >= 15 is 0 Å². The third-order valence-electron chi connectivity index (χ3n) is 4.98. The van der Waals surface area contributed by atoms with Crippen LogP contribution in [0.2, 0.25) is 0 Å². The molecule has 0 bridgehead atoms. The van der Waals surface area contributed by atoms with Crippen molar-refractivity contribution in [1.29, 1.82) is 0 Å². The lowest BCUT2D eigenvalue weighted by Gasteiger charge is -2.34. The Bertz CT molecular complexity index is 891. The van der Waals surface area contributed by atoms with E-state index in [1.807, 2.05) is 12.1 Å². The molecule has 0 amide bonds. The zero-order valence-corrected chi connectivity index (χ0v) is 16.8. The molecule has 0 N–H and O–H groups in total. The average Bonchev–Trinajstić information content (AvgIpc) is 2.69. The molecule has 6 nitrogen and oxygen atoms in total.